The number of nitrogens with one attached hydrogen (secondary N) is 1. The molecular weight excluding hydrogens is 376 g/mol. The summed E-state index contributed by atoms with van der Waals surface area (Å²) in [5.41, 5.74) is 8.96. The molecule has 1 heterocycles. The summed E-state index contributed by atoms with van der Waals surface area (Å²) in [6, 6.07) is 15.7. The molecule has 28 heavy (non-hydrogen) atoms. The van der Waals surface area contributed by atoms with Crippen LogP contribution in [0, 0.1) is 0 Å². The topological polar surface area (TPSA) is 77.3 Å². The number of hydrogen-bond donors (Lipinski definition) is 2. The van der Waals surface area contributed by atoms with Gasteiger partial charge >= 0.3 is 5.97 Å². The van der Waals surface area contributed by atoms with Crippen LogP contribution in [0.15, 0.2) is 54.7 Å². The van der Waals surface area contributed by atoms with Gasteiger partial charge in [0.1, 0.15) is 12.4 Å². The molecule has 3 N–H and O–H groups in total. The Labute approximate surface area is 171 Å². The van der Waals surface area contributed by atoms with E-state index >= 15 is 0 Å². The van der Waals surface area contributed by atoms with Crippen LogP contribution >= 0.6 is 12.4 Å². The maximum absolute atomic E-state index is 11.8. The Hall–Kier alpha value is -2.50. The number of benzene rings is 2. The zero-order valence-corrected chi connectivity index (χ0v) is 16.7. The van der Waals surface area contributed by atoms with Crippen LogP contribution in [-0.4, -0.2) is 24.1 Å². The Bertz CT molecular complexity index is 865. The van der Waals surface area contributed by atoms with Crippen LogP contribution < -0.4 is 10.5 Å². The number of aromatic nitrogens is 1. The van der Waals surface area contributed by atoms with Crippen LogP contribution in [-0.2, 0) is 22.6 Å². The van der Waals surface area contributed by atoms with E-state index in [1.54, 1.807) is 0 Å². The summed E-state index contributed by atoms with van der Waals surface area (Å²) in [5, 5.41) is 1.16. The lowest BCUT2D eigenvalue weighted by atomic mass is 10.1. The first-order valence-corrected chi connectivity index (χ1v) is 9.38. The van der Waals surface area contributed by atoms with Crippen LogP contribution in [0.5, 0.6) is 5.75 Å². The van der Waals surface area contributed by atoms with E-state index in [0.717, 1.165) is 41.5 Å². The highest BCUT2D eigenvalue weighted by atomic mass is 35.5. The van der Waals surface area contributed by atoms with Gasteiger partial charge in [-0.15, -0.1) is 12.4 Å². The Morgan fingerprint density at radius 3 is 2.68 bits per heavy atom. The van der Waals surface area contributed by atoms with Gasteiger partial charge in [-0.05, 0) is 55.1 Å². The molecule has 150 valence electrons. The zero-order valence-electron chi connectivity index (χ0n) is 15.9. The van der Waals surface area contributed by atoms with Gasteiger partial charge in [-0.25, -0.2) is 0 Å². The van der Waals surface area contributed by atoms with Gasteiger partial charge in [-0.3, -0.25) is 4.79 Å². The van der Waals surface area contributed by atoms with Gasteiger partial charge in [0.2, 0.25) is 0 Å². The van der Waals surface area contributed by atoms with E-state index in [1.165, 1.54) is 5.56 Å². The monoisotopic (exact) mass is 402 g/mol. The molecule has 0 radical (unpaired) electrons. The van der Waals surface area contributed by atoms with E-state index in [1.807, 2.05) is 54.7 Å². The fourth-order valence-electron chi connectivity index (χ4n) is 2.98. The molecule has 0 aliphatic heterocycles. The van der Waals surface area contributed by atoms with Crippen LogP contribution in [0.25, 0.3) is 10.9 Å². The molecule has 2 aromatic carbocycles. The molecule has 0 saturated heterocycles. The number of ether oxygens (including phenoxy) is 2. The number of carbonyl (C=O) groups is 1. The fraction of sp³-hybridized carbons (Fsp3) is 0.318. The summed E-state index contributed by atoms with van der Waals surface area (Å²) >= 11 is 0. The molecule has 0 bridgehead atoms. The van der Waals surface area contributed by atoms with E-state index in [-0.39, 0.29) is 18.4 Å². The Morgan fingerprint density at radius 2 is 1.89 bits per heavy atom. The number of hydrogen-bond acceptors (Lipinski definition) is 4. The standard InChI is InChI=1S/C22H26N2O3.ClH/c23-12-11-18-15-24-21-10-9-19(14-20(18)21)26-13-5-4-8-22(25)27-16-17-6-2-1-3-7-17;/h1-3,6-7,9-10,14-15,24H,4-5,8,11-13,16,23H2;1H. The normalized spacial score (nSPS) is 10.5. The number of esters is 1. The van der Waals surface area contributed by atoms with Crippen LogP contribution in [0.4, 0.5) is 0 Å². The Morgan fingerprint density at radius 1 is 1.07 bits per heavy atom. The summed E-state index contributed by atoms with van der Waals surface area (Å²) in [6.45, 7) is 1.53. The quantitative estimate of drug-likeness (QED) is 0.389. The van der Waals surface area contributed by atoms with Gasteiger partial charge in [0, 0.05) is 23.5 Å². The van der Waals surface area contributed by atoms with E-state index in [0.29, 0.717) is 26.2 Å². The molecule has 1 aromatic heterocycles. The summed E-state index contributed by atoms with van der Waals surface area (Å²) in [5.74, 6) is 0.672. The second-order valence-electron chi connectivity index (χ2n) is 6.51. The van der Waals surface area contributed by atoms with Crippen molar-refractivity contribution in [2.45, 2.75) is 32.3 Å². The summed E-state index contributed by atoms with van der Waals surface area (Å²) in [6.07, 6.45) is 4.81. The summed E-state index contributed by atoms with van der Waals surface area (Å²) < 4.78 is 11.1. The van der Waals surface area contributed by atoms with Crippen LogP contribution in [0.2, 0.25) is 0 Å². The predicted molar refractivity (Wildman–Crippen MR) is 114 cm³/mol. The van der Waals surface area contributed by atoms with Gasteiger partial charge in [0.05, 0.1) is 6.61 Å². The van der Waals surface area contributed by atoms with E-state index in [4.69, 9.17) is 15.2 Å². The molecule has 0 saturated carbocycles. The summed E-state index contributed by atoms with van der Waals surface area (Å²) in [7, 11) is 0. The second kappa shape index (κ2) is 11.4. The first kappa shape index (κ1) is 21.8. The number of rotatable bonds is 10. The zero-order chi connectivity index (χ0) is 18.9. The minimum atomic E-state index is -0.168. The minimum absolute atomic E-state index is 0. The average Bonchev–Trinajstić information content (AvgIpc) is 3.09. The fourth-order valence-corrected chi connectivity index (χ4v) is 2.98. The van der Waals surface area contributed by atoms with E-state index in [2.05, 4.69) is 4.98 Å². The molecule has 5 nitrogen and oxygen atoms in total. The highest BCUT2D eigenvalue weighted by Crippen LogP contribution is 2.24. The number of unbranched alkanes of at least 4 members (excludes halogenated alkanes) is 1. The Balaban J connectivity index is 0.00000280. The third kappa shape index (κ3) is 6.29. The molecule has 0 unspecified atom stereocenters. The lowest BCUT2D eigenvalue weighted by molar-refractivity contribution is -0.145. The molecule has 0 aliphatic rings. The average molecular weight is 403 g/mol. The number of halogens is 1. The maximum atomic E-state index is 11.8. The van der Waals surface area contributed by atoms with Crippen molar-refractivity contribution in [1.29, 1.82) is 0 Å². The van der Waals surface area contributed by atoms with Crippen molar-refractivity contribution in [1.82, 2.24) is 4.98 Å². The SMILES string of the molecule is Cl.NCCc1c[nH]c2ccc(OCCCCC(=O)OCc3ccccc3)cc12. The van der Waals surface area contributed by atoms with Crippen molar-refractivity contribution in [2.75, 3.05) is 13.2 Å². The first-order chi connectivity index (χ1) is 13.3. The van der Waals surface area contributed by atoms with Gasteiger partial charge in [0.25, 0.3) is 0 Å². The molecule has 0 aliphatic carbocycles. The minimum Gasteiger partial charge on any atom is -0.494 e. The number of aromatic amines is 1. The second-order valence-corrected chi connectivity index (χ2v) is 6.51. The number of fused-ring (bicyclic) bond motifs is 1. The Kier molecular flexibility index (Phi) is 8.85. The summed E-state index contributed by atoms with van der Waals surface area (Å²) in [4.78, 5) is 15.0. The van der Waals surface area contributed by atoms with E-state index < -0.39 is 0 Å². The molecule has 0 spiro atoms. The smallest absolute Gasteiger partial charge is 0.306 e. The largest absolute Gasteiger partial charge is 0.494 e. The van der Waals surface area contributed by atoms with Gasteiger partial charge in [-0.1, -0.05) is 30.3 Å². The molecule has 3 rings (SSSR count). The molecule has 0 amide bonds. The van der Waals surface area contributed by atoms with Crippen LogP contribution in [0.3, 0.4) is 0 Å². The van der Waals surface area contributed by atoms with Crippen molar-refractivity contribution < 1.29 is 14.3 Å². The molecular formula is C22H27ClN2O3. The highest BCUT2D eigenvalue weighted by molar-refractivity contribution is 5.85. The first-order valence-electron chi connectivity index (χ1n) is 9.38. The third-order valence-corrected chi connectivity index (χ3v) is 4.44. The van der Waals surface area contributed by atoms with Gasteiger partial charge in [-0.2, -0.15) is 0 Å². The molecule has 0 atom stereocenters. The third-order valence-electron chi connectivity index (χ3n) is 4.44. The number of nitrogens with two attached hydrogens (primary N) is 1. The number of H-pyrrole nitrogens is 1. The van der Waals surface area contributed by atoms with Gasteiger partial charge in [0.15, 0.2) is 0 Å². The lowest BCUT2D eigenvalue weighted by Crippen LogP contribution is -2.05. The van der Waals surface area contributed by atoms with Crippen molar-refractivity contribution in [3.63, 3.8) is 0 Å². The van der Waals surface area contributed by atoms with E-state index in [9.17, 15) is 4.79 Å². The van der Waals surface area contributed by atoms with Crippen LogP contribution in [0.1, 0.15) is 30.4 Å². The van der Waals surface area contributed by atoms with Crippen molar-refractivity contribution in [3.05, 3.63) is 65.9 Å². The molecule has 3 aromatic rings. The number of carbonyl (C=O) groups excluding carboxylic acids is 1. The van der Waals surface area contributed by atoms with Gasteiger partial charge < -0.3 is 20.2 Å². The molecule has 6 heteroatoms. The lowest BCUT2D eigenvalue weighted by Gasteiger charge is -2.07. The van der Waals surface area contributed by atoms with Crippen molar-refractivity contribution in [3.8, 4) is 5.75 Å². The highest BCUT2D eigenvalue weighted by Gasteiger charge is 2.06. The predicted octanol–water partition coefficient (Wildman–Crippen LogP) is 4.38. The maximum Gasteiger partial charge on any atom is 0.306 e. The van der Waals surface area contributed by atoms with Crippen molar-refractivity contribution >= 4 is 29.3 Å². The van der Waals surface area contributed by atoms with Crippen molar-refractivity contribution in [2.24, 2.45) is 5.73 Å². The molecule has 0 fully saturated rings.